The third kappa shape index (κ3) is 3.70. The van der Waals surface area contributed by atoms with Gasteiger partial charge in [-0.2, -0.15) is 5.10 Å². The van der Waals surface area contributed by atoms with E-state index < -0.39 is 0 Å². The van der Waals surface area contributed by atoms with Crippen LogP contribution in [0.4, 0.5) is 5.82 Å². The zero-order valence-electron chi connectivity index (χ0n) is 9.07. The molecule has 0 radical (unpaired) electrons. The van der Waals surface area contributed by atoms with Crippen molar-refractivity contribution in [1.82, 2.24) is 15.1 Å². The van der Waals surface area contributed by atoms with E-state index in [2.05, 4.69) is 41.3 Å². The molecule has 0 unspecified atom stereocenters. The van der Waals surface area contributed by atoms with E-state index in [9.17, 15) is 0 Å². The van der Waals surface area contributed by atoms with Gasteiger partial charge in [-0.05, 0) is 33.0 Å². The molecule has 1 heterocycles. The van der Waals surface area contributed by atoms with E-state index in [-0.39, 0.29) is 0 Å². The molecule has 0 aliphatic heterocycles. The van der Waals surface area contributed by atoms with Crippen molar-refractivity contribution in [2.24, 2.45) is 0 Å². The van der Waals surface area contributed by atoms with Gasteiger partial charge < -0.3 is 10.2 Å². The van der Waals surface area contributed by atoms with Gasteiger partial charge in [-0.25, -0.2) is 0 Å². The zero-order valence-corrected chi connectivity index (χ0v) is 9.07. The van der Waals surface area contributed by atoms with Gasteiger partial charge in [0.1, 0.15) is 5.82 Å². The molecule has 0 spiro atoms. The van der Waals surface area contributed by atoms with Crippen molar-refractivity contribution in [3.63, 3.8) is 0 Å². The Bertz CT molecular complexity index is 248. The molecular weight excluding hydrogens is 176 g/mol. The Morgan fingerprint density at radius 2 is 2.29 bits per heavy atom. The number of anilines is 1. The summed E-state index contributed by atoms with van der Waals surface area (Å²) >= 11 is 0. The highest BCUT2D eigenvalue weighted by molar-refractivity contribution is 5.31. The molecule has 0 amide bonds. The van der Waals surface area contributed by atoms with Gasteiger partial charge >= 0.3 is 0 Å². The lowest BCUT2D eigenvalue weighted by atomic mass is 10.3. The van der Waals surface area contributed by atoms with Crippen LogP contribution in [0.2, 0.25) is 0 Å². The van der Waals surface area contributed by atoms with E-state index in [1.54, 1.807) is 6.20 Å². The van der Waals surface area contributed by atoms with Crippen LogP contribution in [0.5, 0.6) is 0 Å². The monoisotopic (exact) mass is 194 g/mol. The highest BCUT2D eigenvalue weighted by Crippen LogP contribution is 1.98. The average Bonchev–Trinajstić information content (AvgIpc) is 2.19. The SMILES string of the molecule is CC(C)N(C)CCNc1cccnn1. The van der Waals surface area contributed by atoms with Crippen molar-refractivity contribution in [3.8, 4) is 0 Å². The van der Waals surface area contributed by atoms with Gasteiger partial charge in [-0.3, -0.25) is 0 Å². The molecule has 0 aromatic carbocycles. The number of hydrogen-bond acceptors (Lipinski definition) is 4. The van der Waals surface area contributed by atoms with E-state index >= 15 is 0 Å². The molecule has 4 heteroatoms. The second-order valence-electron chi connectivity index (χ2n) is 3.61. The molecular formula is C10H18N4. The lowest BCUT2D eigenvalue weighted by Crippen LogP contribution is -2.31. The molecule has 1 N–H and O–H groups in total. The first-order chi connectivity index (χ1) is 6.70. The minimum Gasteiger partial charge on any atom is -0.367 e. The summed E-state index contributed by atoms with van der Waals surface area (Å²) in [6.07, 6.45) is 1.67. The van der Waals surface area contributed by atoms with E-state index in [1.807, 2.05) is 12.1 Å². The van der Waals surface area contributed by atoms with Crippen LogP contribution in [0.25, 0.3) is 0 Å². The molecule has 0 aliphatic carbocycles. The topological polar surface area (TPSA) is 41.0 Å². The molecule has 4 nitrogen and oxygen atoms in total. The maximum absolute atomic E-state index is 3.94. The third-order valence-electron chi connectivity index (χ3n) is 2.22. The first-order valence-electron chi connectivity index (χ1n) is 4.92. The second-order valence-corrected chi connectivity index (χ2v) is 3.61. The summed E-state index contributed by atoms with van der Waals surface area (Å²) in [5, 5.41) is 10.9. The van der Waals surface area contributed by atoms with Gasteiger partial charge in [-0.15, -0.1) is 5.10 Å². The van der Waals surface area contributed by atoms with E-state index in [1.165, 1.54) is 0 Å². The fourth-order valence-electron chi connectivity index (χ4n) is 1.01. The van der Waals surface area contributed by atoms with Crippen molar-refractivity contribution < 1.29 is 0 Å². The maximum Gasteiger partial charge on any atom is 0.148 e. The zero-order chi connectivity index (χ0) is 10.4. The lowest BCUT2D eigenvalue weighted by molar-refractivity contribution is 0.284. The van der Waals surface area contributed by atoms with Crippen LogP contribution >= 0.6 is 0 Å². The Balaban J connectivity index is 2.22. The van der Waals surface area contributed by atoms with Gasteiger partial charge in [0.05, 0.1) is 0 Å². The summed E-state index contributed by atoms with van der Waals surface area (Å²) in [6, 6.07) is 4.38. The molecule has 0 fully saturated rings. The molecule has 0 saturated carbocycles. The van der Waals surface area contributed by atoms with Gasteiger partial charge in [0.15, 0.2) is 0 Å². The predicted octanol–water partition coefficient (Wildman–Crippen LogP) is 1.23. The Hall–Kier alpha value is -1.16. The highest BCUT2D eigenvalue weighted by Gasteiger charge is 2.01. The predicted molar refractivity (Wildman–Crippen MR) is 58.3 cm³/mol. The van der Waals surface area contributed by atoms with Gasteiger partial charge in [0, 0.05) is 25.3 Å². The fraction of sp³-hybridized carbons (Fsp3) is 0.600. The largest absolute Gasteiger partial charge is 0.367 e. The van der Waals surface area contributed by atoms with Crippen molar-refractivity contribution in [1.29, 1.82) is 0 Å². The highest BCUT2D eigenvalue weighted by atomic mass is 15.2. The lowest BCUT2D eigenvalue weighted by Gasteiger charge is -2.20. The average molecular weight is 194 g/mol. The number of nitrogens with zero attached hydrogens (tertiary/aromatic N) is 3. The first-order valence-corrected chi connectivity index (χ1v) is 4.92. The van der Waals surface area contributed by atoms with Crippen molar-refractivity contribution in [3.05, 3.63) is 18.3 Å². The van der Waals surface area contributed by atoms with E-state index in [0.29, 0.717) is 6.04 Å². The van der Waals surface area contributed by atoms with Crippen LogP contribution in [-0.2, 0) is 0 Å². The third-order valence-corrected chi connectivity index (χ3v) is 2.22. The van der Waals surface area contributed by atoms with Crippen molar-refractivity contribution in [2.75, 3.05) is 25.5 Å². The normalized spacial score (nSPS) is 10.9. The molecule has 14 heavy (non-hydrogen) atoms. The summed E-state index contributed by atoms with van der Waals surface area (Å²) in [4.78, 5) is 2.28. The standard InChI is InChI=1S/C10H18N4/c1-9(2)14(3)8-7-11-10-5-4-6-12-13-10/h4-6,9H,7-8H2,1-3H3,(H,11,13). The van der Waals surface area contributed by atoms with Crippen molar-refractivity contribution in [2.45, 2.75) is 19.9 Å². The van der Waals surface area contributed by atoms with Crippen LogP contribution < -0.4 is 5.32 Å². The second kappa shape index (κ2) is 5.54. The van der Waals surface area contributed by atoms with E-state index in [0.717, 1.165) is 18.9 Å². The van der Waals surface area contributed by atoms with E-state index in [4.69, 9.17) is 0 Å². The number of nitrogens with one attached hydrogen (secondary N) is 1. The van der Waals surface area contributed by atoms with Gasteiger partial charge in [0.2, 0.25) is 0 Å². The Morgan fingerprint density at radius 3 is 2.86 bits per heavy atom. The molecule has 0 bridgehead atoms. The maximum atomic E-state index is 3.94. The Kier molecular flexibility index (Phi) is 4.32. The summed E-state index contributed by atoms with van der Waals surface area (Å²) in [7, 11) is 2.11. The Morgan fingerprint density at radius 1 is 1.50 bits per heavy atom. The van der Waals surface area contributed by atoms with Crippen LogP contribution in [-0.4, -0.2) is 41.3 Å². The Labute approximate surface area is 85.3 Å². The van der Waals surface area contributed by atoms with Crippen LogP contribution in [0, 0.1) is 0 Å². The summed E-state index contributed by atoms with van der Waals surface area (Å²) < 4.78 is 0. The smallest absolute Gasteiger partial charge is 0.148 e. The first kappa shape index (κ1) is 10.9. The molecule has 1 rings (SSSR count). The molecule has 1 aromatic rings. The minimum atomic E-state index is 0.582. The fourth-order valence-corrected chi connectivity index (χ4v) is 1.01. The van der Waals surface area contributed by atoms with Crippen LogP contribution in [0.15, 0.2) is 18.3 Å². The molecule has 1 aromatic heterocycles. The molecule has 78 valence electrons. The summed E-state index contributed by atoms with van der Waals surface area (Å²) in [5.41, 5.74) is 0. The number of rotatable bonds is 5. The number of aromatic nitrogens is 2. The van der Waals surface area contributed by atoms with Gasteiger partial charge in [-0.1, -0.05) is 0 Å². The van der Waals surface area contributed by atoms with Gasteiger partial charge in [0.25, 0.3) is 0 Å². The molecule has 0 saturated heterocycles. The summed E-state index contributed by atoms with van der Waals surface area (Å²) in [5.74, 6) is 0.838. The number of hydrogen-bond donors (Lipinski definition) is 1. The van der Waals surface area contributed by atoms with Crippen LogP contribution in [0.3, 0.4) is 0 Å². The van der Waals surface area contributed by atoms with Crippen molar-refractivity contribution >= 4 is 5.82 Å². The quantitative estimate of drug-likeness (QED) is 0.765. The van der Waals surface area contributed by atoms with Crippen LogP contribution in [0.1, 0.15) is 13.8 Å². The minimum absolute atomic E-state index is 0.582. The molecule has 0 atom stereocenters. The molecule has 0 aliphatic rings. The number of likely N-dealkylation sites (N-methyl/N-ethyl adjacent to an activating group) is 1. The summed E-state index contributed by atoms with van der Waals surface area (Å²) in [6.45, 7) is 6.27.